The molecular formula is C9H14N6O2. The minimum absolute atomic E-state index is 0.215. The van der Waals surface area contributed by atoms with Crippen LogP contribution in [-0.4, -0.2) is 47.2 Å². The number of hydrazine groups is 2. The molecule has 1 aliphatic rings. The third-order valence-corrected chi connectivity index (χ3v) is 2.29. The molecule has 17 heavy (non-hydrogen) atoms. The molecule has 8 heteroatoms. The van der Waals surface area contributed by atoms with Gasteiger partial charge in [0.15, 0.2) is 5.82 Å². The third kappa shape index (κ3) is 3.09. The van der Waals surface area contributed by atoms with Crippen LogP contribution >= 0.6 is 0 Å². The number of nitrogens with zero attached hydrogens (tertiary/aromatic N) is 3. The van der Waals surface area contributed by atoms with Gasteiger partial charge in [0.2, 0.25) is 0 Å². The van der Waals surface area contributed by atoms with Crippen molar-refractivity contribution < 1.29 is 9.53 Å². The minimum Gasteiger partial charge on any atom is -0.379 e. The number of ether oxygens (including phenoxy) is 1. The number of hydrogen-bond donors (Lipinski definition) is 3. The molecule has 8 nitrogen and oxygen atoms in total. The van der Waals surface area contributed by atoms with Gasteiger partial charge in [-0.15, -0.1) is 0 Å². The van der Waals surface area contributed by atoms with E-state index >= 15 is 0 Å². The number of carbonyl (C=O) groups excluding carboxylic acids is 1. The summed E-state index contributed by atoms with van der Waals surface area (Å²) in [4.78, 5) is 19.7. The van der Waals surface area contributed by atoms with E-state index in [1.807, 2.05) is 0 Å². The molecular weight excluding hydrogens is 224 g/mol. The fourth-order valence-electron chi connectivity index (χ4n) is 1.42. The Morgan fingerprint density at radius 2 is 2.18 bits per heavy atom. The molecule has 0 atom stereocenters. The second-order valence-corrected chi connectivity index (χ2v) is 3.47. The van der Waals surface area contributed by atoms with Crippen LogP contribution in [0.5, 0.6) is 0 Å². The van der Waals surface area contributed by atoms with Gasteiger partial charge < -0.3 is 10.2 Å². The van der Waals surface area contributed by atoms with E-state index in [9.17, 15) is 4.79 Å². The van der Waals surface area contributed by atoms with E-state index in [0.29, 0.717) is 32.1 Å². The molecule has 0 aromatic carbocycles. The predicted octanol–water partition coefficient (Wildman–Crippen LogP) is -1.26. The summed E-state index contributed by atoms with van der Waals surface area (Å²) < 4.78 is 5.18. The van der Waals surface area contributed by atoms with Crippen LogP contribution in [0, 0.1) is 0 Å². The van der Waals surface area contributed by atoms with Gasteiger partial charge in [-0.05, 0) is 0 Å². The zero-order chi connectivity index (χ0) is 12.1. The molecule has 0 saturated carbocycles. The zero-order valence-corrected chi connectivity index (χ0v) is 9.22. The zero-order valence-electron chi connectivity index (χ0n) is 9.22. The first-order valence-electron chi connectivity index (χ1n) is 5.22. The Morgan fingerprint density at radius 3 is 2.88 bits per heavy atom. The summed E-state index contributed by atoms with van der Waals surface area (Å²) in [5.41, 5.74) is 5.28. The van der Waals surface area contributed by atoms with Gasteiger partial charge in [0.1, 0.15) is 5.69 Å². The van der Waals surface area contributed by atoms with Crippen molar-refractivity contribution in [1.29, 1.82) is 0 Å². The van der Waals surface area contributed by atoms with Crippen LogP contribution in [0.2, 0.25) is 0 Å². The summed E-state index contributed by atoms with van der Waals surface area (Å²) in [6.07, 6.45) is 2.82. The second-order valence-electron chi connectivity index (χ2n) is 3.47. The first kappa shape index (κ1) is 11.7. The lowest BCUT2D eigenvalue weighted by Gasteiger charge is -2.26. The van der Waals surface area contributed by atoms with Crippen molar-refractivity contribution in [1.82, 2.24) is 20.4 Å². The summed E-state index contributed by atoms with van der Waals surface area (Å²) in [5.74, 6) is 5.23. The first-order chi connectivity index (χ1) is 8.29. The maximum atomic E-state index is 11.8. The van der Waals surface area contributed by atoms with Crippen molar-refractivity contribution in [2.45, 2.75) is 0 Å². The van der Waals surface area contributed by atoms with Crippen LogP contribution < -0.4 is 16.7 Å². The topological polar surface area (TPSA) is 105 Å². The summed E-state index contributed by atoms with van der Waals surface area (Å²) in [6, 6.07) is 0. The highest BCUT2D eigenvalue weighted by molar-refractivity contribution is 5.91. The van der Waals surface area contributed by atoms with Gasteiger partial charge in [-0.2, -0.15) is 0 Å². The van der Waals surface area contributed by atoms with Crippen LogP contribution in [0.4, 0.5) is 5.82 Å². The van der Waals surface area contributed by atoms with E-state index in [2.05, 4.69) is 20.8 Å². The molecule has 0 bridgehead atoms. The Balaban J connectivity index is 1.98. The summed E-state index contributed by atoms with van der Waals surface area (Å²) in [6.45, 7) is 2.54. The standard InChI is InChI=1S/C9H14N6O2/c10-13-8-6-11-5-7(12-8)9(16)14-15-1-3-17-4-2-15/h5-6H,1-4,10H2,(H,12,13)(H,14,16). The highest BCUT2D eigenvalue weighted by atomic mass is 16.5. The van der Waals surface area contributed by atoms with Gasteiger partial charge in [0, 0.05) is 13.1 Å². The fourth-order valence-corrected chi connectivity index (χ4v) is 1.42. The van der Waals surface area contributed by atoms with Gasteiger partial charge in [-0.1, -0.05) is 0 Å². The molecule has 2 rings (SSSR count). The fraction of sp³-hybridized carbons (Fsp3) is 0.444. The number of rotatable bonds is 3. The maximum absolute atomic E-state index is 11.8. The number of amides is 1. The van der Waals surface area contributed by atoms with Crippen LogP contribution in [0.3, 0.4) is 0 Å². The normalized spacial score (nSPS) is 16.5. The predicted molar refractivity (Wildman–Crippen MR) is 59.7 cm³/mol. The van der Waals surface area contributed by atoms with Gasteiger partial charge in [-0.3, -0.25) is 15.2 Å². The lowest BCUT2D eigenvalue weighted by molar-refractivity contribution is 0.0124. The number of nitrogens with two attached hydrogens (primary N) is 1. The molecule has 1 aromatic heterocycles. The average Bonchev–Trinajstić information content (AvgIpc) is 2.40. The molecule has 0 radical (unpaired) electrons. The van der Waals surface area contributed by atoms with E-state index in [0.717, 1.165) is 0 Å². The Bertz CT molecular complexity index is 393. The molecule has 4 N–H and O–H groups in total. The highest BCUT2D eigenvalue weighted by Gasteiger charge is 2.15. The second kappa shape index (κ2) is 5.53. The van der Waals surface area contributed by atoms with Crippen LogP contribution in [0.25, 0.3) is 0 Å². The Kier molecular flexibility index (Phi) is 3.81. The Hall–Kier alpha value is -1.77. The van der Waals surface area contributed by atoms with Crippen molar-refractivity contribution >= 4 is 11.7 Å². The number of carbonyl (C=O) groups is 1. The van der Waals surface area contributed by atoms with Crippen molar-refractivity contribution in [2.24, 2.45) is 5.84 Å². The minimum atomic E-state index is -0.309. The quantitative estimate of drug-likeness (QED) is 0.446. The SMILES string of the molecule is NNc1cncc(C(=O)NN2CCOCC2)n1. The van der Waals surface area contributed by atoms with Crippen LogP contribution in [0.15, 0.2) is 12.4 Å². The number of anilines is 1. The molecule has 0 spiro atoms. The smallest absolute Gasteiger partial charge is 0.285 e. The molecule has 2 heterocycles. The molecule has 1 saturated heterocycles. The molecule has 1 fully saturated rings. The molecule has 1 aromatic rings. The Labute approximate surface area is 98.1 Å². The van der Waals surface area contributed by atoms with Crippen LogP contribution in [0.1, 0.15) is 10.5 Å². The van der Waals surface area contributed by atoms with E-state index in [-0.39, 0.29) is 11.6 Å². The largest absolute Gasteiger partial charge is 0.379 e. The Morgan fingerprint density at radius 1 is 1.41 bits per heavy atom. The number of hydrogen-bond acceptors (Lipinski definition) is 7. The molecule has 1 amide bonds. The summed E-state index contributed by atoms with van der Waals surface area (Å²) in [7, 11) is 0. The van der Waals surface area contributed by atoms with Gasteiger partial charge in [0.05, 0.1) is 25.6 Å². The summed E-state index contributed by atoms with van der Waals surface area (Å²) >= 11 is 0. The van der Waals surface area contributed by atoms with E-state index in [1.165, 1.54) is 12.4 Å². The number of nitrogen functional groups attached to an aromatic ring is 1. The summed E-state index contributed by atoms with van der Waals surface area (Å²) in [5, 5.41) is 1.79. The van der Waals surface area contributed by atoms with Crippen molar-refractivity contribution in [3.8, 4) is 0 Å². The van der Waals surface area contributed by atoms with Crippen LogP contribution in [-0.2, 0) is 4.74 Å². The average molecular weight is 238 g/mol. The lowest BCUT2D eigenvalue weighted by atomic mass is 10.4. The monoisotopic (exact) mass is 238 g/mol. The molecule has 92 valence electrons. The van der Waals surface area contributed by atoms with Gasteiger partial charge in [0.25, 0.3) is 5.91 Å². The van der Waals surface area contributed by atoms with E-state index in [1.54, 1.807) is 5.01 Å². The number of nitrogens with one attached hydrogen (secondary N) is 2. The van der Waals surface area contributed by atoms with Gasteiger partial charge in [-0.25, -0.2) is 15.8 Å². The van der Waals surface area contributed by atoms with Crippen molar-refractivity contribution in [2.75, 3.05) is 31.7 Å². The van der Waals surface area contributed by atoms with Crippen molar-refractivity contribution in [3.05, 3.63) is 18.1 Å². The molecule has 1 aliphatic heterocycles. The molecule has 0 unspecified atom stereocenters. The highest BCUT2D eigenvalue weighted by Crippen LogP contribution is 2.01. The van der Waals surface area contributed by atoms with E-state index < -0.39 is 0 Å². The van der Waals surface area contributed by atoms with E-state index in [4.69, 9.17) is 10.6 Å². The molecule has 0 aliphatic carbocycles. The maximum Gasteiger partial charge on any atom is 0.285 e. The van der Waals surface area contributed by atoms with Crippen molar-refractivity contribution in [3.63, 3.8) is 0 Å². The first-order valence-corrected chi connectivity index (χ1v) is 5.22. The third-order valence-electron chi connectivity index (χ3n) is 2.29. The number of morpholine rings is 1. The number of aromatic nitrogens is 2. The lowest BCUT2D eigenvalue weighted by Crippen LogP contribution is -2.48. The van der Waals surface area contributed by atoms with Gasteiger partial charge >= 0.3 is 0 Å².